The van der Waals surface area contributed by atoms with Crippen LogP contribution in [0, 0.1) is 17.0 Å². The van der Waals surface area contributed by atoms with Gasteiger partial charge in [0, 0.05) is 6.07 Å². The minimum absolute atomic E-state index is 0.329. The number of rotatable bonds is 4. The Morgan fingerprint density at radius 1 is 1.25 bits per heavy atom. The van der Waals surface area contributed by atoms with Crippen LogP contribution in [0.1, 0.15) is 24.2 Å². The van der Waals surface area contributed by atoms with E-state index in [0.717, 1.165) is 0 Å². The minimum Gasteiger partial charge on any atom is -0.469 e. The maximum atomic E-state index is 13.5. The molecule has 7 heteroatoms. The predicted molar refractivity (Wildman–Crippen MR) is 66.8 cm³/mol. The Hall–Kier alpha value is -2.18. The minimum atomic E-state index is -1.09. The quantitative estimate of drug-likeness (QED) is 0.676. The molecule has 0 aliphatic rings. The summed E-state index contributed by atoms with van der Waals surface area (Å²) in [7, 11) is 1.20. The highest BCUT2D eigenvalue weighted by Crippen LogP contribution is 2.21. The summed E-state index contributed by atoms with van der Waals surface area (Å²) in [6, 6.07) is 1.34. The van der Waals surface area contributed by atoms with E-state index in [4.69, 9.17) is 10.5 Å². The van der Waals surface area contributed by atoms with Crippen LogP contribution in [0.3, 0.4) is 0 Å². The molecular formula is C13H15F2NO4. The van der Waals surface area contributed by atoms with Crippen molar-refractivity contribution in [1.29, 1.82) is 0 Å². The average molecular weight is 287 g/mol. The van der Waals surface area contributed by atoms with Gasteiger partial charge in [-0.25, -0.2) is 13.6 Å². The smallest absolute Gasteiger partial charge is 0.341 e. The molecule has 1 rings (SSSR count). The molecule has 0 unspecified atom stereocenters. The van der Waals surface area contributed by atoms with Crippen LogP contribution in [0.5, 0.6) is 0 Å². The summed E-state index contributed by atoms with van der Waals surface area (Å²) in [4.78, 5) is 23.0. The standard InChI is InChI=1S/C13H15F2NO4/c1-13(2,12(18)19-3)6-20-11(17)7-4-9(15)10(16)5-8(7)14/h4-5H,6,16H2,1-3H3. The van der Waals surface area contributed by atoms with Crippen LogP contribution >= 0.6 is 0 Å². The van der Waals surface area contributed by atoms with E-state index in [9.17, 15) is 18.4 Å². The van der Waals surface area contributed by atoms with Gasteiger partial charge in [0.15, 0.2) is 0 Å². The first-order valence-electron chi connectivity index (χ1n) is 5.69. The molecule has 5 nitrogen and oxygen atoms in total. The van der Waals surface area contributed by atoms with Gasteiger partial charge in [-0.05, 0) is 19.9 Å². The van der Waals surface area contributed by atoms with Crippen molar-refractivity contribution in [3.05, 3.63) is 29.3 Å². The lowest BCUT2D eigenvalue weighted by Crippen LogP contribution is -2.32. The topological polar surface area (TPSA) is 78.6 Å². The van der Waals surface area contributed by atoms with Crippen LogP contribution in [-0.4, -0.2) is 25.7 Å². The van der Waals surface area contributed by atoms with Crippen molar-refractivity contribution < 1.29 is 27.8 Å². The zero-order valence-electron chi connectivity index (χ0n) is 11.3. The molecule has 1 aromatic rings. The summed E-state index contributed by atoms with van der Waals surface area (Å²) >= 11 is 0. The molecule has 0 spiro atoms. The number of esters is 2. The lowest BCUT2D eigenvalue weighted by atomic mass is 9.95. The molecule has 0 fully saturated rings. The van der Waals surface area contributed by atoms with E-state index in [1.54, 1.807) is 0 Å². The zero-order chi connectivity index (χ0) is 15.5. The first-order chi connectivity index (χ1) is 9.19. The molecule has 0 aliphatic heterocycles. The Bertz CT molecular complexity index is 543. The van der Waals surface area contributed by atoms with Crippen molar-refractivity contribution in [2.24, 2.45) is 5.41 Å². The second-order valence-corrected chi connectivity index (χ2v) is 4.81. The van der Waals surface area contributed by atoms with Crippen LogP contribution in [0.15, 0.2) is 12.1 Å². The van der Waals surface area contributed by atoms with Gasteiger partial charge in [0.25, 0.3) is 0 Å². The number of hydrogen-bond donors (Lipinski definition) is 1. The largest absolute Gasteiger partial charge is 0.469 e. The van der Waals surface area contributed by atoms with Gasteiger partial charge in [-0.3, -0.25) is 4.79 Å². The highest BCUT2D eigenvalue weighted by atomic mass is 19.1. The Morgan fingerprint density at radius 3 is 2.40 bits per heavy atom. The van der Waals surface area contributed by atoms with Gasteiger partial charge in [0.05, 0.1) is 23.8 Å². The van der Waals surface area contributed by atoms with E-state index < -0.39 is 40.2 Å². The molecule has 0 saturated carbocycles. The number of halogens is 2. The third kappa shape index (κ3) is 3.43. The summed E-state index contributed by atoms with van der Waals surface area (Å²) in [5, 5.41) is 0. The van der Waals surface area contributed by atoms with E-state index in [-0.39, 0.29) is 6.61 Å². The molecule has 110 valence electrons. The molecular weight excluding hydrogens is 272 g/mol. The van der Waals surface area contributed by atoms with Crippen molar-refractivity contribution in [1.82, 2.24) is 0 Å². The number of benzene rings is 1. The number of ether oxygens (including phenoxy) is 2. The molecule has 0 amide bonds. The first kappa shape index (κ1) is 15.9. The highest BCUT2D eigenvalue weighted by molar-refractivity contribution is 5.90. The van der Waals surface area contributed by atoms with Crippen LogP contribution in [0.25, 0.3) is 0 Å². The fourth-order valence-electron chi connectivity index (χ4n) is 1.38. The van der Waals surface area contributed by atoms with Gasteiger partial charge in [-0.15, -0.1) is 0 Å². The molecule has 0 atom stereocenters. The monoisotopic (exact) mass is 287 g/mol. The maximum absolute atomic E-state index is 13.5. The summed E-state index contributed by atoms with van der Waals surface area (Å²) in [6.45, 7) is 2.65. The highest BCUT2D eigenvalue weighted by Gasteiger charge is 2.31. The van der Waals surface area contributed by atoms with Gasteiger partial charge >= 0.3 is 11.9 Å². The Balaban J connectivity index is 2.83. The van der Waals surface area contributed by atoms with Gasteiger partial charge in [0.1, 0.15) is 18.2 Å². The third-order valence-electron chi connectivity index (χ3n) is 2.61. The molecule has 0 saturated heterocycles. The Labute approximate surface area is 114 Å². The number of carbonyl (C=O) groups excluding carboxylic acids is 2. The summed E-state index contributed by atoms with van der Waals surface area (Å²) in [5.41, 5.74) is 3.08. The number of hydrogen-bond acceptors (Lipinski definition) is 5. The van der Waals surface area contributed by atoms with E-state index in [2.05, 4.69) is 4.74 Å². The molecule has 0 aliphatic carbocycles. The fourth-order valence-corrected chi connectivity index (χ4v) is 1.38. The number of methoxy groups -OCH3 is 1. The Kier molecular flexibility index (Phi) is 4.65. The zero-order valence-corrected chi connectivity index (χ0v) is 11.3. The summed E-state index contributed by atoms with van der Waals surface area (Å²) in [6.07, 6.45) is 0. The molecule has 0 bridgehead atoms. The fraction of sp³-hybridized carbons (Fsp3) is 0.385. The lowest BCUT2D eigenvalue weighted by Gasteiger charge is -2.20. The Morgan fingerprint density at radius 2 is 1.85 bits per heavy atom. The van der Waals surface area contributed by atoms with E-state index in [1.807, 2.05) is 0 Å². The van der Waals surface area contributed by atoms with E-state index in [0.29, 0.717) is 12.1 Å². The number of nitrogen functional groups attached to an aromatic ring is 1. The van der Waals surface area contributed by atoms with Gasteiger partial charge < -0.3 is 15.2 Å². The van der Waals surface area contributed by atoms with Crippen LogP contribution < -0.4 is 5.73 Å². The normalized spacial score (nSPS) is 11.1. The molecule has 20 heavy (non-hydrogen) atoms. The molecule has 0 heterocycles. The van der Waals surface area contributed by atoms with Crippen molar-refractivity contribution in [2.45, 2.75) is 13.8 Å². The predicted octanol–water partition coefficient (Wildman–Crippen LogP) is 1.90. The SMILES string of the molecule is COC(=O)C(C)(C)COC(=O)c1cc(F)c(N)cc1F. The van der Waals surface area contributed by atoms with E-state index in [1.165, 1.54) is 21.0 Å². The van der Waals surface area contributed by atoms with Gasteiger partial charge in [0.2, 0.25) is 0 Å². The second kappa shape index (κ2) is 5.85. The second-order valence-electron chi connectivity index (χ2n) is 4.81. The number of anilines is 1. The van der Waals surface area contributed by atoms with E-state index >= 15 is 0 Å². The summed E-state index contributed by atoms with van der Waals surface area (Å²) < 4.78 is 36.0. The first-order valence-corrected chi connectivity index (χ1v) is 5.69. The molecule has 1 aromatic carbocycles. The lowest BCUT2D eigenvalue weighted by molar-refractivity contribution is -0.152. The van der Waals surface area contributed by atoms with Crippen molar-refractivity contribution >= 4 is 17.6 Å². The van der Waals surface area contributed by atoms with Crippen LogP contribution in [0.2, 0.25) is 0 Å². The molecule has 2 N–H and O–H groups in total. The van der Waals surface area contributed by atoms with Gasteiger partial charge in [-0.2, -0.15) is 0 Å². The molecule has 0 radical (unpaired) electrons. The van der Waals surface area contributed by atoms with Crippen LogP contribution in [-0.2, 0) is 14.3 Å². The van der Waals surface area contributed by atoms with Crippen LogP contribution in [0.4, 0.5) is 14.5 Å². The summed E-state index contributed by atoms with van der Waals surface area (Å²) in [5.74, 6) is -3.59. The van der Waals surface area contributed by atoms with Gasteiger partial charge in [-0.1, -0.05) is 0 Å². The van der Waals surface area contributed by atoms with Crippen molar-refractivity contribution in [3.63, 3.8) is 0 Å². The molecule has 0 aromatic heterocycles. The van der Waals surface area contributed by atoms with Crippen molar-refractivity contribution in [3.8, 4) is 0 Å². The van der Waals surface area contributed by atoms with Crippen molar-refractivity contribution in [2.75, 3.05) is 19.5 Å². The third-order valence-corrected chi connectivity index (χ3v) is 2.61. The maximum Gasteiger partial charge on any atom is 0.341 e. The number of nitrogens with two attached hydrogens (primary N) is 1. The average Bonchev–Trinajstić information content (AvgIpc) is 2.39. The number of carbonyl (C=O) groups is 2.